The molecule has 0 saturated heterocycles. The summed E-state index contributed by atoms with van der Waals surface area (Å²) in [5.74, 6) is 0.176. The Bertz CT molecular complexity index is 198. The molecule has 0 amide bonds. The van der Waals surface area contributed by atoms with Gasteiger partial charge in [0.25, 0.3) is 0 Å². The summed E-state index contributed by atoms with van der Waals surface area (Å²) < 4.78 is 0. The van der Waals surface area contributed by atoms with Crippen LogP contribution in [0.4, 0.5) is 0 Å². The Morgan fingerprint density at radius 1 is 1.21 bits per heavy atom. The predicted octanol–water partition coefficient (Wildman–Crippen LogP) is 1.32. The molecule has 3 heteroatoms. The molecule has 0 fully saturated rings. The highest BCUT2D eigenvalue weighted by Crippen LogP contribution is 2.17. The van der Waals surface area contributed by atoms with Crippen molar-refractivity contribution >= 4 is 5.78 Å². The van der Waals surface area contributed by atoms with Crippen molar-refractivity contribution in [2.45, 2.75) is 53.1 Å². The highest BCUT2D eigenvalue weighted by molar-refractivity contribution is 5.89. The Kier molecular flexibility index (Phi) is 4.28. The molecule has 0 saturated carbocycles. The summed E-state index contributed by atoms with van der Waals surface area (Å²) in [4.78, 5) is 11.9. The fourth-order valence-corrected chi connectivity index (χ4v) is 1.28. The second kappa shape index (κ2) is 4.41. The molecule has 0 aliphatic heterocycles. The summed E-state index contributed by atoms with van der Waals surface area (Å²) >= 11 is 0. The normalized spacial score (nSPS) is 15.4. The minimum Gasteiger partial charge on any atom is -0.328 e. The summed E-state index contributed by atoms with van der Waals surface area (Å²) in [5, 5.41) is 3.24. The quantitative estimate of drug-likeness (QED) is 0.722. The Labute approximate surface area is 87.4 Å². The molecule has 0 radical (unpaired) electrons. The molecule has 0 aromatic carbocycles. The van der Waals surface area contributed by atoms with Gasteiger partial charge >= 0.3 is 0 Å². The summed E-state index contributed by atoms with van der Waals surface area (Å²) in [5.41, 5.74) is 5.18. The first-order valence-electron chi connectivity index (χ1n) is 5.10. The first-order valence-corrected chi connectivity index (χ1v) is 5.10. The summed E-state index contributed by atoms with van der Waals surface area (Å²) in [6, 6.07) is -0.241. The van der Waals surface area contributed by atoms with Crippen molar-refractivity contribution in [3.05, 3.63) is 0 Å². The van der Waals surface area contributed by atoms with E-state index in [1.165, 1.54) is 0 Å². The van der Waals surface area contributed by atoms with Crippen molar-refractivity contribution < 1.29 is 4.79 Å². The van der Waals surface area contributed by atoms with E-state index in [1.807, 2.05) is 41.5 Å². The van der Waals surface area contributed by atoms with Crippen LogP contribution in [0.15, 0.2) is 0 Å². The number of ketones is 1. The second-order valence-corrected chi connectivity index (χ2v) is 5.80. The van der Waals surface area contributed by atoms with Gasteiger partial charge in [-0.25, -0.2) is 0 Å². The lowest BCUT2D eigenvalue weighted by Crippen LogP contribution is -2.54. The number of nitrogens with two attached hydrogens (primary N) is 1. The van der Waals surface area contributed by atoms with Crippen LogP contribution in [-0.2, 0) is 4.79 Å². The topological polar surface area (TPSA) is 55.1 Å². The zero-order valence-corrected chi connectivity index (χ0v) is 10.3. The van der Waals surface area contributed by atoms with Crippen LogP contribution >= 0.6 is 0 Å². The molecule has 3 N–H and O–H groups in total. The van der Waals surface area contributed by atoms with Gasteiger partial charge in [-0.1, -0.05) is 20.8 Å². The number of rotatable bonds is 3. The van der Waals surface area contributed by atoms with Gasteiger partial charge in [-0.3, -0.25) is 4.79 Å². The van der Waals surface area contributed by atoms with Crippen molar-refractivity contribution in [1.29, 1.82) is 0 Å². The third kappa shape index (κ3) is 4.72. The van der Waals surface area contributed by atoms with E-state index in [-0.39, 0.29) is 22.8 Å². The van der Waals surface area contributed by atoms with Crippen LogP contribution in [0.1, 0.15) is 41.5 Å². The third-order valence-electron chi connectivity index (χ3n) is 1.90. The van der Waals surface area contributed by atoms with E-state index in [0.717, 1.165) is 0 Å². The van der Waals surface area contributed by atoms with Crippen LogP contribution in [0, 0.1) is 5.41 Å². The molecule has 14 heavy (non-hydrogen) atoms. The first-order chi connectivity index (χ1) is 6.08. The van der Waals surface area contributed by atoms with E-state index in [0.29, 0.717) is 6.54 Å². The summed E-state index contributed by atoms with van der Waals surface area (Å²) in [6.07, 6.45) is 0. The average Bonchev–Trinajstić information content (AvgIpc) is 1.95. The van der Waals surface area contributed by atoms with E-state index in [9.17, 15) is 4.79 Å². The number of hydrogen-bond donors (Lipinski definition) is 2. The molecule has 0 aromatic rings. The summed E-state index contributed by atoms with van der Waals surface area (Å²) in [6.45, 7) is 12.2. The maximum atomic E-state index is 11.9. The zero-order chi connectivity index (χ0) is 11.6. The van der Waals surface area contributed by atoms with Gasteiger partial charge in [0.1, 0.15) is 0 Å². The molecular formula is C11H24N2O. The molecule has 0 spiro atoms. The Hall–Kier alpha value is -0.410. The van der Waals surface area contributed by atoms with Gasteiger partial charge in [0, 0.05) is 17.5 Å². The van der Waals surface area contributed by atoms with Gasteiger partial charge in [-0.15, -0.1) is 0 Å². The third-order valence-corrected chi connectivity index (χ3v) is 1.90. The maximum absolute atomic E-state index is 11.9. The Morgan fingerprint density at radius 2 is 1.64 bits per heavy atom. The van der Waals surface area contributed by atoms with E-state index in [2.05, 4.69) is 5.32 Å². The highest BCUT2D eigenvalue weighted by Gasteiger charge is 2.30. The van der Waals surface area contributed by atoms with E-state index >= 15 is 0 Å². The van der Waals surface area contributed by atoms with Crippen LogP contribution < -0.4 is 11.1 Å². The molecule has 0 bridgehead atoms. The molecule has 0 unspecified atom stereocenters. The number of hydrogen-bond acceptors (Lipinski definition) is 3. The second-order valence-electron chi connectivity index (χ2n) is 5.80. The number of nitrogens with one attached hydrogen (secondary N) is 1. The van der Waals surface area contributed by atoms with Crippen LogP contribution in [0.5, 0.6) is 0 Å². The van der Waals surface area contributed by atoms with Gasteiger partial charge in [-0.2, -0.15) is 0 Å². The smallest absolute Gasteiger partial charge is 0.156 e. The van der Waals surface area contributed by atoms with Crippen LogP contribution in [-0.4, -0.2) is 23.9 Å². The fourth-order valence-electron chi connectivity index (χ4n) is 1.28. The summed E-state index contributed by atoms with van der Waals surface area (Å²) in [7, 11) is 0. The van der Waals surface area contributed by atoms with Gasteiger partial charge in [0.05, 0.1) is 6.04 Å². The van der Waals surface area contributed by atoms with Crippen LogP contribution in [0.25, 0.3) is 0 Å². The van der Waals surface area contributed by atoms with Crippen molar-refractivity contribution in [1.82, 2.24) is 5.32 Å². The van der Waals surface area contributed by atoms with Crippen molar-refractivity contribution in [2.24, 2.45) is 11.1 Å². The number of carbonyl (C=O) groups is 1. The number of carbonyl (C=O) groups excluding carboxylic acids is 1. The monoisotopic (exact) mass is 200 g/mol. The van der Waals surface area contributed by atoms with Gasteiger partial charge in [0.2, 0.25) is 0 Å². The molecule has 0 aromatic heterocycles. The average molecular weight is 200 g/mol. The minimum atomic E-state index is -0.331. The van der Waals surface area contributed by atoms with Gasteiger partial charge in [-0.05, 0) is 20.8 Å². The standard InChI is InChI=1S/C11H24N2O/c1-10(2,3)9(14)8(7-12)13-11(4,5)6/h8,13H,7,12H2,1-6H3/t8-/m1/s1. The molecule has 3 nitrogen and oxygen atoms in total. The van der Waals surface area contributed by atoms with Crippen molar-refractivity contribution in [2.75, 3.05) is 6.54 Å². The van der Waals surface area contributed by atoms with Gasteiger partial charge in [0.15, 0.2) is 5.78 Å². The lowest BCUT2D eigenvalue weighted by atomic mass is 9.85. The molecule has 1 atom stereocenters. The van der Waals surface area contributed by atoms with Gasteiger partial charge < -0.3 is 11.1 Å². The zero-order valence-electron chi connectivity index (χ0n) is 10.3. The maximum Gasteiger partial charge on any atom is 0.156 e. The van der Waals surface area contributed by atoms with Crippen molar-refractivity contribution in [3.8, 4) is 0 Å². The lowest BCUT2D eigenvalue weighted by Gasteiger charge is -2.30. The van der Waals surface area contributed by atoms with Crippen LogP contribution in [0.3, 0.4) is 0 Å². The molecule has 0 aliphatic carbocycles. The van der Waals surface area contributed by atoms with E-state index in [1.54, 1.807) is 0 Å². The lowest BCUT2D eigenvalue weighted by molar-refractivity contribution is -0.128. The minimum absolute atomic E-state index is 0.0784. The van der Waals surface area contributed by atoms with Crippen LogP contribution in [0.2, 0.25) is 0 Å². The van der Waals surface area contributed by atoms with Crippen molar-refractivity contribution in [3.63, 3.8) is 0 Å². The molecule has 0 aliphatic rings. The largest absolute Gasteiger partial charge is 0.328 e. The van der Waals surface area contributed by atoms with E-state index in [4.69, 9.17) is 5.73 Å². The number of Topliss-reactive ketones (excluding diaryl/α,β-unsaturated/α-hetero) is 1. The highest BCUT2D eigenvalue weighted by atomic mass is 16.1. The Morgan fingerprint density at radius 3 is 1.86 bits per heavy atom. The first kappa shape index (κ1) is 13.6. The molecule has 84 valence electrons. The molecular weight excluding hydrogens is 176 g/mol. The fraction of sp³-hybridized carbons (Fsp3) is 0.909. The molecule has 0 rings (SSSR count). The predicted molar refractivity (Wildman–Crippen MR) is 60.2 cm³/mol. The SMILES string of the molecule is CC(C)(C)N[C@H](CN)C(=O)C(C)(C)C. The van der Waals surface area contributed by atoms with E-state index < -0.39 is 0 Å². The Balaban J connectivity index is 4.51. The molecule has 0 heterocycles.